The van der Waals surface area contributed by atoms with E-state index in [2.05, 4.69) is 4.98 Å². The lowest BCUT2D eigenvalue weighted by atomic mass is 10.1. The SMILES string of the molecule is COc1ccc(SCCC(=O)N2CCC(Oc3nc4ccc(F)cc4s3)CC2)cc1. The monoisotopic (exact) mass is 446 g/mol. The average Bonchev–Trinajstić information content (AvgIpc) is 3.16. The van der Waals surface area contributed by atoms with Crippen molar-refractivity contribution in [3.63, 3.8) is 0 Å². The molecule has 8 heteroatoms. The van der Waals surface area contributed by atoms with Crippen molar-refractivity contribution < 1.29 is 18.7 Å². The van der Waals surface area contributed by atoms with Crippen LogP contribution >= 0.6 is 23.1 Å². The number of halogens is 1. The maximum atomic E-state index is 13.3. The van der Waals surface area contributed by atoms with Crippen LogP contribution in [0.3, 0.4) is 0 Å². The number of thiazole rings is 1. The number of carbonyl (C=O) groups excluding carboxylic acids is 1. The van der Waals surface area contributed by atoms with Gasteiger partial charge in [0.05, 0.1) is 17.3 Å². The molecule has 3 aromatic rings. The second-order valence-corrected chi connectivity index (χ2v) is 9.23. The second kappa shape index (κ2) is 9.66. The summed E-state index contributed by atoms with van der Waals surface area (Å²) >= 11 is 3.03. The summed E-state index contributed by atoms with van der Waals surface area (Å²) in [5, 5.41) is 0.566. The number of amides is 1. The number of likely N-dealkylation sites (tertiary alicyclic amines) is 1. The van der Waals surface area contributed by atoms with E-state index in [1.165, 1.54) is 23.5 Å². The third-order valence-electron chi connectivity index (χ3n) is 5.04. The number of ether oxygens (including phenoxy) is 2. The van der Waals surface area contributed by atoms with Crippen molar-refractivity contribution in [3.8, 4) is 10.9 Å². The number of aromatic nitrogens is 1. The molecule has 0 radical (unpaired) electrons. The maximum Gasteiger partial charge on any atom is 0.274 e. The molecule has 0 N–H and O–H groups in total. The van der Waals surface area contributed by atoms with E-state index in [0.29, 0.717) is 24.7 Å². The molecular formula is C22H23FN2O3S2. The van der Waals surface area contributed by atoms with Crippen molar-refractivity contribution in [2.75, 3.05) is 26.0 Å². The van der Waals surface area contributed by atoms with Crippen LogP contribution in [-0.4, -0.2) is 47.8 Å². The third-order valence-corrected chi connectivity index (χ3v) is 6.96. The molecule has 1 aliphatic heterocycles. The van der Waals surface area contributed by atoms with Gasteiger partial charge in [-0.1, -0.05) is 11.3 Å². The number of piperidine rings is 1. The van der Waals surface area contributed by atoms with E-state index in [1.54, 1.807) is 24.9 Å². The number of fused-ring (bicyclic) bond motifs is 1. The Morgan fingerprint density at radius 1 is 1.23 bits per heavy atom. The van der Waals surface area contributed by atoms with Crippen LogP contribution < -0.4 is 9.47 Å². The minimum Gasteiger partial charge on any atom is -0.497 e. The standard InChI is InChI=1S/C22H23FN2O3S2/c1-27-16-3-5-18(6-4-16)29-13-10-21(26)25-11-8-17(9-12-25)28-22-24-19-7-2-15(23)14-20(19)30-22/h2-7,14,17H,8-13H2,1H3. The third kappa shape index (κ3) is 5.23. The number of nitrogens with zero attached hydrogens (tertiary/aromatic N) is 2. The fourth-order valence-corrected chi connectivity index (χ4v) is 5.13. The number of methoxy groups -OCH3 is 1. The Kier molecular flexibility index (Phi) is 6.74. The molecule has 1 saturated heterocycles. The lowest BCUT2D eigenvalue weighted by Crippen LogP contribution is -2.41. The summed E-state index contributed by atoms with van der Waals surface area (Å²) in [6, 6.07) is 12.4. The molecule has 1 amide bonds. The van der Waals surface area contributed by atoms with Crippen LogP contribution in [0.1, 0.15) is 19.3 Å². The lowest BCUT2D eigenvalue weighted by molar-refractivity contribution is -0.132. The molecule has 1 aromatic heterocycles. The number of rotatable bonds is 7. The van der Waals surface area contributed by atoms with Gasteiger partial charge in [0.1, 0.15) is 17.7 Å². The predicted octanol–water partition coefficient (Wildman–Crippen LogP) is 5.00. The highest BCUT2D eigenvalue weighted by molar-refractivity contribution is 7.99. The van der Waals surface area contributed by atoms with E-state index in [4.69, 9.17) is 9.47 Å². The highest BCUT2D eigenvalue weighted by Gasteiger charge is 2.24. The minimum atomic E-state index is -0.269. The van der Waals surface area contributed by atoms with Gasteiger partial charge in [0.2, 0.25) is 5.91 Å². The van der Waals surface area contributed by atoms with Gasteiger partial charge in [-0.05, 0) is 42.5 Å². The first-order valence-corrected chi connectivity index (χ1v) is 11.7. The van der Waals surface area contributed by atoms with E-state index >= 15 is 0 Å². The molecule has 0 spiro atoms. The van der Waals surface area contributed by atoms with Gasteiger partial charge in [0, 0.05) is 43.0 Å². The van der Waals surface area contributed by atoms with Crippen LogP contribution in [-0.2, 0) is 4.79 Å². The topological polar surface area (TPSA) is 51.7 Å². The molecule has 2 aromatic carbocycles. The Balaban J connectivity index is 1.20. The number of hydrogen-bond acceptors (Lipinski definition) is 6. The first kappa shape index (κ1) is 20.9. The minimum absolute atomic E-state index is 0.0353. The number of thioether (sulfide) groups is 1. The van der Waals surface area contributed by atoms with Gasteiger partial charge in [-0.3, -0.25) is 4.79 Å². The summed E-state index contributed by atoms with van der Waals surface area (Å²) in [5.41, 5.74) is 0.748. The molecule has 30 heavy (non-hydrogen) atoms. The molecule has 0 bridgehead atoms. The highest BCUT2D eigenvalue weighted by Crippen LogP contribution is 2.30. The fraction of sp³-hybridized carbons (Fsp3) is 0.364. The lowest BCUT2D eigenvalue weighted by Gasteiger charge is -2.31. The summed E-state index contributed by atoms with van der Waals surface area (Å²) in [5.74, 6) is 1.50. The Hall–Kier alpha value is -2.32. The summed E-state index contributed by atoms with van der Waals surface area (Å²) in [6.07, 6.45) is 2.11. The quantitative estimate of drug-likeness (QED) is 0.478. The van der Waals surface area contributed by atoms with Crippen LogP contribution in [0, 0.1) is 5.82 Å². The molecule has 5 nitrogen and oxygen atoms in total. The zero-order chi connectivity index (χ0) is 20.9. The molecule has 0 atom stereocenters. The molecule has 0 aliphatic carbocycles. The van der Waals surface area contributed by atoms with E-state index in [9.17, 15) is 9.18 Å². The number of carbonyl (C=O) groups is 1. The smallest absolute Gasteiger partial charge is 0.274 e. The zero-order valence-electron chi connectivity index (χ0n) is 16.7. The van der Waals surface area contributed by atoms with Crippen molar-refractivity contribution in [1.82, 2.24) is 9.88 Å². The van der Waals surface area contributed by atoms with Crippen LogP contribution in [0.15, 0.2) is 47.4 Å². The summed E-state index contributed by atoms with van der Waals surface area (Å²) < 4.78 is 25.3. The summed E-state index contributed by atoms with van der Waals surface area (Å²) in [4.78, 5) is 20.0. The fourth-order valence-electron chi connectivity index (χ4n) is 3.38. The van der Waals surface area contributed by atoms with E-state index < -0.39 is 0 Å². The van der Waals surface area contributed by atoms with Crippen molar-refractivity contribution >= 4 is 39.2 Å². The van der Waals surface area contributed by atoms with Crippen molar-refractivity contribution in [3.05, 3.63) is 48.3 Å². The van der Waals surface area contributed by atoms with Gasteiger partial charge in [0.25, 0.3) is 5.19 Å². The maximum absolute atomic E-state index is 13.3. The summed E-state index contributed by atoms with van der Waals surface area (Å²) in [7, 11) is 1.65. The molecule has 0 saturated carbocycles. The Morgan fingerprint density at radius 3 is 2.73 bits per heavy atom. The van der Waals surface area contributed by atoms with Gasteiger partial charge in [-0.25, -0.2) is 9.37 Å². The first-order valence-electron chi connectivity index (χ1n) is 9.88. The van der Waals surface area contributed by atoms with Gasteiger partial charge >= 0.3 is 0 Å². The highest BCUT2D eigenvalue weighted by atomic mass is 32.2. The van der Waals surface area contributed by atoms with E-state index in [-0.39, 0.29) is 17.8 Å². The van der Waals surface area contributed by atoms with Gasteiger partial charge in [-0.2, -0.15) is 0 Å². The Bertz CT molecular complexity index is 1000. The van der Waals surface area contributed by atoms with Gasteiger partial charge in [0.15, 0.2) is 0 Å². The predicted molar refractivity (Wildman–Crippen MR) is 118 cm³/mol. The second-order valence-electron chi connectivity index (χ2n) is 7.06. The van der Waals surface area contributed by atoms with Crippen LogP contribution in [0.4, 0.5) is 4.39 Å². The van der Waals surface area contributed by atoms with Crippen molar-refractivity contribution in [1.29, 1.82) is 0 Å². The normalized spacial score (nSPS) is 14.8. The molecule has 2 heterocycles. The summed E-state index contributed by atoms with van der Waals surface area (Å²) in [6.45, 7) is 1.38. The largest absolute Gasteiger partial charge is 0.497 e. The van der Waals surface area contributed by atoms with E-state index in [1.807, 2.05) is 29.2 Å². The average molecular weight is 447 g/mol. The molecule has 0 unspecified atom stereocenters. The zero-order valence-corrected chi connectivity index (χ0v) is 18.3. The number of benzene rings is 2. The Morgan fingerprint density at radius 2 is 2.00 bits per heavy atom. The van der Waals surface area contributed by atoms with Crippen molar-refractivity contribution in [2.24, 2.45) is 0 Å². The first-order chi connectivity index (χ1) is 14.6. The molecule has 1 fully saturated rings. The molecule has 4 rings (SSSR count). The van der Waals surface area contributed by atoms with Crippen molar-refractivity contribution in [2.45, 2.75) is 30.3 Å². The van der Waals surface area contributed by atoms with Crippen LogP contribution in [0.5, 0.6) is 10.9 Å². The van der Waals surface area contributed by atoms with Gasteiger partial charge in [-0.15, -0.1) is 11.8 Å². The van der Waals surface area contributed by atoms with E-state index in [0.717, 1.165) is 39.5 Å². The molecule has 158 valence electrons. The Labute approximate surface area is 183 Å². The molecule has 1 aliphatic rings. The molecular weight excluding hydrogens is 423 g/mol. The van der Waals surface area contributed by atoms with Crippen LogP contribution in [0.25, 0.3) is 10.2 Å². The van der Waals surface area contributed by atoms with Crippen LogP contribution in [0.2, 0.25) is 0 Å². The van der Waals surface area contributed by atoms with Gasteiger partial charge < -0.3 is 14.4 Å². The number of hydrogen-bond donors (Lipinski definition) is 0.